The van der Waals surface area contributed by atoms with Crippen LogP contribution in [0, 0.1) is 26.6 Å². The van der Waals surface area contributed by atoms with Gasteiger partial charge in [0.2, 0.25) is 11.8 Å². The molecule has 0 spiro atoms. The summed E-state index contributed by atoms with van der Waals surface area (Å²) in [5.41, 5.74) is 5.16. The number of amides is 1. The van der Waals surface area contributed by atoms with Gasteiger partial charge in [-0.3, -0.25) is 4.79 Å². The molecule has 4 rings (SSSR count). The summed E-state index contributed by atoms with van der Waals surface area (Å²) in [5, 5.41) is 7.61. The van der Waals surface area contributed by atoms with Crippen LogP contribution >= 0.6 is 0 Å². The van der Waals surface area contributed by atoms with E-state index < -0.39 is 5.82 Å². The van der Waals surface area contributed by atoms with Crippen LogP contribution in [-0.4, -0.2) is 15.7 Å². The monoisotopic (exact) mass is 443 g/mol. The molecular formula is C27H26FN3O2. The van der Waals surface area contributed by atoms with Gasteiger partial charge in [-0.1, -0.05) is 42.5 Å². The lowest BCUT2D eigenvalue weighted by Crippen LogP contribution is -2.12. The van der Waals surface area contributed by atoms with Gasteiger partial charge < -0.3 is 10.1 Å². The van der Waals surface area contributed by atoms with E-state index in [2.05, 4.69) is 10.4 Å². The summed E-state index contributed by atoms with van der Waals surface area (Å²) < 4.78 is 22.1. The van der Waals surface area contributed by atoms with Gasteiger partial charge in [0, 0.05) is 17.7 Å². The number of carbonyl (C=O) groups excluding carboxylic acids is 1. The van der Waals surface area contributed by atoms with Gasteiger partial charge in [-0.2, -0.15) is 9.78 Å². The maximum absolute atomic E-state index is 14.4. The SMILES string of the molecule is Cc1cccc(NC(=O)CCc2c(C)nn(-c3ccccc3C)c2Oc2ccccc2F)c1. The van der Waals surface area contributed by atoms with Crippen LogP contribution in [0.4, 0.5) is 10.1 Å². The van der Waals surface area contributed by atoms with Gasteiger partial charge in [-0.15, -0.1) is 0 Å². The zero-order chi connectivity index (χ0) is 23.4. The molecule has 6 heteroatoms. The fraction of sp³-hybridized carbons (Fsp3) is 0.185. The van der Waals surface area contributed by atoms with E-state index >= 15 is 0 Å². The highest BCUT2D eigenvalue weighted by atomic mass is 19.1. The summed E-state index contributed by atoms with van der Waals surface area (Å²) in [6.07, 6.45) is 0.640. The number of hydrogen-bond acceptors (Lipinski definition) is 3. The number of anilines is 1. The van der Waals surface area contributed by atoms with Crippen LogP contribution in [0.25, 0.3) is 5.69 Å². The molecule has 0 atom stereocenters. The fourth-order valence-electron chi connectivity index (χ4n) is 3.71. The Morgan fingerprint density at radius 3 is 2.52 bits per heavy atom. The molecule has 1 amide bonds. The molecule has 0 fully saturated rings. The lowest BCUT2D eigenvalue weighted by Gasteiger charge is -2.13. The summed E-state index contributed by atoms with van der Waals surface area (Å²) in [4.78, 5) is 12.6. The van der Waals surface area contributed by atoms with Gasteiger partial charge in [-0.05, 0) is 68.7 Å². The summed E-state index contributed by atoms with van der Waals surface area (Å²) in [7, 11) is 0. The topological polar surface area (TPSA) is 56.2 Å². The van der Waals surface area contributed by atoms with E-state index in [0.717, 1.165) is 33.8 Å². The Kier molecular flexibility index (Phi) is 6.54. The second-order valence-electron chi connectivity index (χ2n) is 8.02. The molecule has 0 saturated carbocycles. The Morgan fingerprint density at radius 2 is 1.76 bits per heavy atom. The first-order chi connectivity index (χ1) is 15.9. The maximum Gasteiger partial charge on any atom is 0.226 e. The minimum Gasteiger partial charge on any atom is -0.436 e. The molecular weight excluding hydrogens is 417 g/mol. The van der Waals surface area contributed by atoms with Crippen molar-refractivity contribution in [2.75, 3.05) is 5.32 Å². The number of aryl methyl sites for hydroxylation is 3. The first-order valence-electron chi connectivity index (χ1n) is 10.9. The highest BCUT2D eigenvalue weighted by molar-refractivity contribution is 5.90. The molecule has 1 N–H and O–H groups in total. The standard InChI is InChI=1S/C27H26FN3O2/c1-18-9-8-11-21(17-18)29-26(32)16-15-22-20(3)30-31(24-13-6-4-10-19(24)2)27(22)33-25-14-7-5-12-23(25)28/h4-14,17H,15-16H2,1-3H3,(H,29,32). The Balaban J connectivity index is 1.64. The number of halogens is 1. The fourth-order valence-corrected chi connectivity index (χ4v) is 3.71. The van der Waals surface area contributed by atoms with Crippen molar-refractivity contribution in [1.82, 2.24) is 9.78 Å². The van der Waals surface area contributed by atoms with Crippen molar-refractivity contribution in [3.8, 4) is 17.3 Å². The number of benzene rings is 3. The zero-order valence-corrected chi connectivity index (χ0v) is 18.9. The zero-order valence-electron chi connectivity index (χ0n) is 18.9. The van der Waals surface area contributed by atoms with E-state index in [-0.39, 0.29) is 18.1 Å². The minimum atomic E-state index is -0.462. The molecule has 0 aliphatic carbocycles. The van der Waals surface area contributed by atoms with Gasteiger partial charge in [0.1, 0.15) is 0 Å². The number of carbonyl (C=O) groups is 1. The normalized spacial score (nSPS) is 10.8. The first-order valence-corrected chi connectivity index (χ1v) is 10.9. The molecule has 168 valence electrons. The average molecular weight is 444 g/mol. The smallest absolute Gasteiger partial charge is 0.226 e. The third-order valence-electron chi connectivity index (χ3n) is 5.43. The molecule has 1 aromatic heterocycles. The molecule has 4 aromatic rings. The van der Waals surface area contributed by atoms with Crippen molar-refractivity contribution in [2.24, 2.45) is 0 Å². The highest BCUT2D eigenvalue weighted by Crippen LogP contribution is 2.33. The number of ether oxygens (including phenoxy) is 1. The van der Waals surface area contributed by atoms with Crippen LogP contribution in [0.5, 0.6) is 11.6 Å². The van der Waals surface area contributed by atoms with E-state index in [1.807, 2.05) is 69.3 Å². The largest absolute Gasteiger partial charge is 0.436 e. The van der Waals surface area contributed by atoms with Crippen LogP contribution in [-0.2, 0) is 11.2 Å². The van der Waals surface area contributed by atoms with Crippen molar-refractivity contribution < 1.29 is 13.9 Å². The van der Waals surface area contributed by atoms with Gasteiger partial charge in [0.05, 0.1) is 11.4 Å². The number of aromatic nitrogens is 2. The maximum atomic E-state index is 14.4. The van der Waals surface area contributed by atoms with E-state index in [0.29, 0.717) is 12.3 Å². The molecule has 5 nitrogen and oxygen atoms in total. The molecule has 33 heavy (non-hydrogen) atoms. The Bertz CT molecular complexity index is 1300. The van der Waals surface area contributed by atoms with Crippen LogP contribution in [0.1, 0.15) is 28.8 Å². The van der Waals surface area contributed by atoms with Crippen molar-refractivity contribution >= 4 is 11.6 Å². The Morgan fingerprint density at radius 1 is 1.00 bits per heavy atom. The van der Waals surface area contributed by atoms with E-state index in [9.17, 15) is 9.18 Å². The van der Waals surface area contributed by atoms with Crippen molar-refractivity contribution in [2.45, 2.75) is 33.6 Å². The van der Waals surface area contributed by atoms with E-state index in [1.54, 1.807) is 22.9 Å². The van der Waals surface area contributed by atoms with Crippen LogP contribution in [0.3, 0.4) is 0 Å². The summed E-state index contributed by atoms with van der Waals surface area (Å²) in [6, 6.07) is 21.7. The van der Waals surface area contributed by atoms with Gasteiger partial charge in [0.25, 0.3) is 0 Å². The molecule has 0 aliphatic heterocycles. The molecule has 1 heterocycles. The third kappa shape index (κ3) is 5.12. The number of nitrogens with zero attached hydrogens (tertiary/aromatic N) is 2. The van der Waals surface area contributed by atoms with Crippen molar-refractivity contribution in [1.29, 1.82) is 0 Å². The first kappa shape index (κ1) is 22.3. The molecule has 3 aromatic carbocycles. The quantitative estimate of drug-likeness (QED) is 0.365. The number of para-hydroxylation sites is 2. The summed E-state index contributed by atoms with van der Waals surface area (Å²) in [5.74, 6) is -0.0516. The summed E-state index contributed by atoms with van der Waals surface area (Å²) in [6.45, 7) is 5.83. The van der Waals surface area contributed by atoms with Crippen molar-refractivity contribution in [3.05, 3.63) is 101 Å². The second kappa shape index (κ2) is 9.69. The molecule has 0 bridgehead atoms. The molecule has 0 unspecified atom stereocenters. The lowest BCUT2D eigenvalue weighted by molar-refractivity contribution is -0.116. The van der Waals surface area contributed by atoms with Crippen molar-refractivity contribution in [3.63, 3.8) is 0 Å². The highest BCUT2D eigenvalue weighted by Gasteiger charge is 2.21. The molecule has 0 saturated heterocycles. The van der Waals surface area contributed by atoms with Gasteiger partial charge in [-0.25, -0.2) is 4.39 Å². The van der Waals surface area contributed by atoms with Crippen LogP contribution < -0.4 is 10.1 Å². The van der Waals surface area contributed by atoms with E-state index in [4.69, 9.17) is 4.74 Å². The van der Waals surface area contributed by atoms with Gasteiger partial charge >= 0.3 is 0 Å². The summed E-state index contributed by atoms with van der Waals surface area (Å²) >= 11 is 0. The van der Waals surface area contributed by atoms with E-state index in [1.165, 1.54) is 6.07 Å². The number of rotatable bonds is 7. The minimum absolute atomic E-state index is 0.109. The lowest BCUT2D eigenvalue weighted by atomic mass is 10.1. The molecule has 0 aliphatic rings. The Hall–Kier alpha value is -3.93. The average Bonchev–Trinajstić information content (AvgIpc) is 3.09. The third-order valence-corrected chi connectivity index (χ3v) is 5.43. The predicted molar refractivity (Wildman–Crippen MR) is 128 cm³/mol. The van der Waals surface area contributed by atoms with Gasteiger partial charge in [0.15, 0.2) is 11.6 Å². The number of nitrogens with one attached hydrogen (secondary N) is 1. The predicted octanol–water partition coefficient (Wildman–Crippen LogP) is 6.30. The number of hydrogen-bond donors (Lipinski definition) is 1. The second-order valence-corrected chi connectivity index (χ2v) is 8.02. The Labute approximate surface area is 192 Å². The van der Waals surface area contributed by atoms with Crippen LogP contribution in [0.15, 0.2) is 72.8 Å². The molecule has 0 radical (unpaired) electrons. The van der Waals surface area contributed by atoms with Crippen LogP contribution in [0.2, 0.25) is 0 Å².